The summed E-state index contributed by atoms with van der Waals surface area (Å²) in [4.78, 5) is 33.6. The van der Waals surface area contributed by atoms with E-state index in [1.807, 2.05) is 45.0 Å². The third-order valence-electron chi connectivity index (χ3n) is 4.66. The Morgan fingerprint density at radius 1 is 0.793 bits per heavy atom. The summed E-state index contributed by atoms with van der Waals surface area (Å²) in [5, 5.41) is 0.406. The zero-order chi connectivity index (χ0) is 21.3. The molecule has 3 rings (SSSR count). The minimum Gasteiger partial charge on any atom is -0.268 e. The number of imide groups is 1. The maximum absolute atomic E-state index is 13.4. The first kappa shape index (κ1) is 20.9. The lowest BCUT2D eigenvalue weighted by Crippen LogP contribution is -2.37. The number of carbonyl (C=O) groups is 2. The van der Waals surface area contributed by atoms with Gasteiger partial charge in [0.2, 0.25) is 0 Å². The van der Waals surface area contributed by atoms with Gasteiger partial charge in [-0.15, -0.1) is 11.3 Å². The fourth-order valence-electron chi connectivity index (χ4n) is 3.09. The summed E-state index contributed by atoms with van der Waals surface area (Å²) >= 11 is 1.40. The molecular weight excluding hydrogens is 380 g/mol. The lowest BCUT2D eigenvalue weighted by atomic mass is 9.94. The van der Waals surface area contributed by atoms with Gasteiger partial charge in [0.05, 0.1) is 5.69 Å². The van der Waals surface area contributed by atoms with Crippen LogP contribution in [0.15, 0.2) is 48.5 Å². The normalized spacial score (nSPS) is 11.4. The number of aryl methyl sites for hydroxylation is 3. The van der Waals surface area contributed by atoms with Crippen LogP contribution in [-0.4, -0.2) is 16.8 Å². The minimum absolute atomic E-state index is 0.120. The van der Waals surface area contributed by atoms with Crippen molar-refractivity contribution in [1.82, 2.24) is 4.98 Å². The number of carbonyl (C=O) groups excluding carboxylic acids is 2. The van der Waals surface area contributed by atoms with Gasteiger partial charge in [-0.2, -0.15) is 0 Å². The van der Waals surface area contributed by atoms with Gasteiger partial charge in [0, 0.05) is 16.0 Å². The van der Waals surface area contributed by atoms with E-state index in [-0.39, 0.29) is 17.2 Å². The lowest BCUT2D eigenvalue weighted by Gasteiger charge is -2.19. The molecule has 5 heteroatoms. The Hall–Kier alpha value is -2.79. The molecule has 0 fully saturated rings. The van der Waals surface area contributed by atoms with Crippen molar-refractivity contribution < 1.29 is 9.59 Å². The predicted molar refractivity (Wildman–Crippen MR) is 119 cm³/mol. The van der Waals surface area contributed by atoms with Crippen molar-refractivity contribution in [3.63, 3.8) is 0 Å². The maximum Gasteiger partial charge on any atom is 0.267 e. The molecule has 0 N–H and O–H groups in total. The summed E-state index contributed by atoms with van der Waals surface area (Å²) in [6.45, 7) is 12.2. The Morgan fingerprint density at radius 3 is 1.55 bits per heavy atom. The summed E-state index contributed by atoms with van der Waals surface area (Å²) in [5.41, 5.74) is 3.75. The van der Waals surface area contributed by atoms with E-state index < -0.39 is 0 Å². The fourth-order valence-corrected chi connectivity index (χ4v) is 4.21. The first-order valence-corrected chi connectivity index (χ1v) is 10.4. The SMILES string of the molecule is Cc1ccc(C(=O)N(C(=O)c2ccc(C)cc2)c2nc(C)c(C(C)(C)C)s2)cc1. The number of anilines is 1. The highest BCUT2D eigenvalue weighted by Crippen LogP contribution is 2.36. The summed E-state index contributed by atoms with van der Waals surface area (Å²) in [5.74, 6) is -0.741. The molecule has 0 unspecified atom stereocenters. The number of hydrogen-bond acceptors (Lipinski definition) is 4. The van der Waals surface area contributed by atoms with Crippen LogP contribution in [0.2, 0.25) is 0 Å². The largest absolute Gasteiger partial charge is 0.268 e. The maximum atomic E-state index is 13.4. The van der Waals surface area contributed by atoms with Gasteiger partial charge in [-0.25, -0.2) is 9.88 Å². The lowest BCUT2D eigenvalue weighted by molar-refractivity contribution is 0.0897. The first-order chi connectivity index (χ1) is 13.6. The van der Waals surface area contributed by atoms with E-state index in [9.17, 15) is 9.59 Å². The second-order valence-electron chi connectivity index (χ2n) is 8.34. The second-order valence-corrected chi connectivity index (χ2v) is 9.32. The number of nitrogens with zero attached hydrogens (tertiary/aromatic N) is 2. The number of rotatable bonds is 3. The summed E-state index contributed by atoms with van der Waals surface area (Å²) < 4.78 is 0. The zero-order valence-electron chi connectivity index (χ0n) is 17.7. The summed E-state index contributed by atoms with van der Waals surface area (Å²) in [6.07, 6.45) is 0. The molecule has 0 saturated carbocycles. The van der Waals surface area contributed by atoms with Crippen LogP contribution < -0.4 is 4.90 Å². The fraction of sp³-hybridized carbons (Fsp3) is 0.292. The molecule has 4 nitrogen and oxygen atoms in total. The van der Waals surface area contributed by atoms with Gasteiger partial charge in [0.25, 0.3) is 11.8 Å². The van der Waals surface area contributed by atoms with Gasteiger partial charge in [-0.1, -0.05) is 56.2 Å². The van der Waals surface area contributed by atoms with Crippen molar-refractivity contribution in [2.24, 2.45) is 0 Å². The molecule has 1 aromatic heterocycles. The van der Waals surface area contributed by atoms with Gasteiger partial charge in [-0.05, 0) is 50.5 Å². The van der Waals surface area contributed by atoms with Crippen molar-refractivity contribution in [2.45, 2.75) is 47.0 Å². The van der Waals surface area contributed by atoms with E-state index in [4.69, 9.17) is 0 Å². The topological polar surface area (TPSA) is 50.3 Å². The third kappa shape index (κ3) is 4.46. The van der Waals surface area contributed by atoms with Crippen LogP contribution in [-0.2, 0) is 5.41 Å². The summed E-state index contributed by atoms with van der Waals surface area (Å²) in [6, 6.07) is 14.5. The van der Waals surface area contributed by atoms with E-state index >= 15 is 0 Å². The smallest absolute Gasteiger partial charge is 0.267 e. The van der Waals surface area contributed by atoms with Crippen molar-refractivity contribution in [3.05, 3.63) is 81.4 Å². The van der Waals surface area contributed by atoms with E-state index in [1.165, 1.54) is 16.2 Å². The second kappa shape index (κ2) is 7.91. The number of hydrogen-bond donors (Lipinski definition) is 0. The summed E-state index contributed by atoms with van der Waals surface area (Å²) in [7, 11) is 0. The molecule has 0 atom stereocenters. The molecule has 29 heavy (non-hydrogen) atoms. The third-order valence-corrected chi connectivity index (χ3v) is 6.23. The molecule has 0 saturated heterocycles. The highest BCUT2D eigenvalue weighted by Gasteiger charge is 2.31. The molecule has 0 radical (unpaired) electrons. The molecule has 2 aromatic carbocycles. The zero-order valence-corrected chi connectivity index (χ0v) is 18.6. The van der Waals surface area contributed by atoms with Crippen LogP contribution in [0.4, 0.5) is 5.13 Å². The standard InChI is InChI=1S/C24H26N2O2S/c1-15-7-11-18(12-8-15)21(27)26(22(28)19-13-9-16(2)10-14-19)23-25-17(3)20(29-23)24(4,5)6/h7-14H,1-6H3. The van der Waals surface area contributed by atoms with Crippen molar-refractivity contribution in [3.8, 4) is 0 Å². The number of thiazole rings is 1. The number of benzene rings is 2. The Kier molecular flexibility index (Phi) is 5.71. The van der Waals surface area contributed by atoms with Gasteiger partial charge in [0.1, 0.15) is 0 Å². The van der Waals surface area contributed by atoms with E-state index in [1.54, 1.807) is 24.3 Å². The molecule has 0 aliphatic carbocycles. The molecular formula is C24H26N2O2S. The quantitative estimate of drug-likeness (QED) is 0.512. The first-order valence-electron chi connectivity index (χ1n) is 9.58. The average Bonchev–Trinajstić information content (AvgIpc) is 3.04. The van der Waals surface area contributed by atoms with E-state index in [0.29, 0.717) is 16.3 Å². The van der Waals surface area contributed by atoms with Gasteiger partial charge >= 0.3 is 0 Å². The minimum atomic E-state index is -0.371. The van der Waals surface area contributed by atoms with Gasteiger partial charge in [0.15, 0.2) is 5.13 Å². The average molecular weight is 407 g/mol. The van der Waals surface area contributed by atoms with Crippen molar-refractivity contribution in [1.29, 1.82) is 0 Å². The highest BCUT2D eigenvalue weighted by atomic mass is 32.1. The Balaban J connectivity index is 2.11. The van der Waals surface area contributed by atoms with Crippen LogP contribution in [0.5, 0.6) is 0 Å². The molecule has 1 heterocycles. The number of aromatic nitrogens is 1. The molecule has 2 amide bonds. The van der Waals surface area contributed by atoms with E-state index in [0.717, 1.165) is 21.7 Å². The van der Waals surface area contributed by atoms with E-state index in [2.05, 4.69) is 25.8 Å². The Bertz CT molecular complexity index is 984. The molecule has 0 bridgehead atoms. The van der Waals surface area contributed by atoms with Crippen LogP contribution >= 0.6 is 11.3 Å². The van der Waals surface area contributed by atoms with Crippen LogP contribution in [0.25, 0.3) is 0 Å². The molecule has 0 aliphatic rings. The molecule has 3 aromatic rings. The molecule has 0 aliphatic heterocycles. The van der Waals surface area contributed by atoms with Crippen molar-refractivity contribution in [2.75, 3.05) is 4.90 Å². The highest BCUT2D eigenvalue weighted by molar-refractivity contribution is 7.16. The van der Waals surface area contributed by atoms with Gasteiger partial charge < -0.3 is 0 Å². The monoisotopic (exact) mass is 406 g/mol. The Morgan fingerprint density at radius 2 is 1.21 bits per heavy atom. The van der Waals surface area contributed by atoms with Crippen molar-refractivity contribution >= 4 is 28.3 Å². The molecule has 0 spiro atoms. The number of amides is 2. The van der Waals surface area contributed by atoms with Gasteiger partial charge in [-0.3, -0.25) is 9.59 Å². The van der Waals surface area contributed by atoms with Crippen LogP contribution in [0.1, 0.15) is 63.2 Å². The van der Waals surface area contributed by atoms with Crippen LogP contribution in [0.3, 0.4) is 0 Å². The predicted octanol–water partition coefficient (Wildman–Crippen LogP) is 5.85. The Labute approximate surface area is 176 Å². The molecule has 150 valence electrons. The van der Waals surface area contributed by atoms with Crippen LogP contribution in [0, 0.1) is 20.8 Å².